The van der Waals surface area contributed by atoms with Gasteiger partial charge in [-0.05, 0) is 31.9 Å². The number of nitro groups is 1. The maximum atomic E-state index is 10.5. The molecule has 1 aromatic rings. The smallest absolute Gasteiger partial charge is 0.359 e. The summed E-state index contributed by atoms with van der Waals surface area (Å²) in [5, 5.41) is 10.5. The van der Waals surface area contributed by atoms with E-state index < -0.39 is 15.3 Å². The Balaban J connectivity index is 3.28. The molecule has 0 bridgehead atoms. The number of nitrogens with zero attached hydrogens (tertiary/aromatic N) is 1. The molecule has 0 aromatic heterocycles. The third kappa shape index (κ3) is 3.40. The van der Waals surface area contributed by atoms with Crippen molar-refractivity contribution in [2.45, 2.75) is 0 Å². The number of benzene rings is 1. The highest BCUT2D eigenvalue weighted by Crippen LogP contribution is 2.37. The second-order valence-corrected chi connectivity index (χ2v) is 5.24. The molecule has 7 nitrogen and oxygen atoms in total. The Hall–Kier alpha value is -0.710. The zero-order valence-corrected chi connectivity index (χ0v) is 11.2. The van der Waals surface area contributed by atoms with E-state index in [0.29, 0.717) is 0 Å². The molecular weight excluding hydrogens is 374 g/mol. The second-order valence-electron chi connectivity index (χ2n) is 2.51. The molecule has 0 radical (unpaired) electrons. The Bertz CT molecular complexity index is 519. The van der Waals surface area contributed by atoms with Crippen LogP contribution in [0.5, 0.6) is 5.75 Å². The molecule has 0 saturated carbocycles. The number of rotatable bonds is 3. The minimum absolute atomic E-state index is 0.0196. The summed E-state index contributed by atoms with van der Waals surface area (Å²) in [7, 11) is -4.69. The maximum absolute atomic E-state index is 10.5. The number of nitro benzene ring substituents is 1. The van der Waals surface area contributed by atoms with E-state index in [1.54, 1.807) is 0 Å². The average molecular weight is 377 g/mol. The third-order valence-electron chi connectivity index (χ3n) is 1.38. The molecule has 0 fully saturated rings. The third-order valence-corrected chi connectivity index (χ3v) is 2.94. The van der Waals surface area contributed by atoms with Crippen molar-refractivity contribution >= 4 is 47.9 Å². The van der Waals surface area contributed by atoms with Crippen molar-refractivity contribution < 1.29 is 22.1 Å². The van der Waals surface area contributed by atoms with E-state index in [1.165, 1.54) is 0 Å². The summed E-state index contributed by atoms with van der Waals surface area (Å²) >= 11 is 5.77. The molecule has 0 aliphatic heterocycles. The van der Waals surface area contributed by atoms with Gasteiger partial charge in [-0.15, -0.1) is 0 Å². The first kappa shape index (κ1) is 13.4. The van der Waals surface area contributed by atoms with Crippen LogP contribution in [0, 0.1) is 10.1 Å². The fourth-order valence-corrected chi connectivity index (χ4v) is 2.77. The Morgan fingerprint density at radius 3 is 2.06 bits per heavy atom. The van der Waals surface area contributed by atoms with Crippen LogP contribution >= 0.6 is 31.9 Å². The van der Waals surface area contributed by atoms with E-state index in [4.69, 9.17) is 4.55 Å². The molecule has 0 heterocycles. The van der Waals surface area contributed by atoms with Crippen molar-refractivity contribution in [1.82, 2.24) is 0 Å². The standard InChI is InChI=1S/C6H3Br2NO6S/c7-4-1-3(9(10)11)2-5(8)6(4)15-16(12,13)14/h1-2H,(H,12,13,14). The van der Waals surface area contributed by atoms with Gasteiger partial charge in [0.15, 0.2) is 5.75 Å². The molecule has 1 aromatic carbocycles. The second kappa shape index (κ2) is 4.65. The summed E-state index contributed by atoms with van der Waals surface area (Å²) in [4.78, 5) is 9.80. The molecule has 0 aliphatic rings. The van der Waals surface area contributed by atoms with Crippen LogP contribution < -0.4 is 4.18 Å². The zero-order valence-electron chi connectivity index (χ0n) is 7.25. The summed E-state index contributed by atoms with van der Waals surface area (Å²) < 4.78 is 33.7. The minimum Gasteiger partial charge on any atom is -0.359 e. The molecule has 0 aliphatic carbocycles. The Morgan fingerprint density at radius 1 is 1.31 bits per heavy atom. The van der Waals surface area contributed by atoms with Gasteiger partial charge in [-0.2, -0.15) is 8.42 Å². The van der Waals surface area contributed by atoms with Crippen molar-refractivity contribution in [3.63, 3.8) is 0 Å². The van der Waals surface area contributed by atoms with Gasteiger partial charge in [-0.25, -0.2) is 0 Å². The molecule has 0 amide bonds. The largest absolute Gasteiger partial charge is 0.446 e. The van der Waals surface area contributed by atoms with E-state index in [-0.39, 0.29) is 20.4 Å². The lowest BCUT2D eigenvalue weighted by Crippen LogP contribution is -2.07. The van der Waals surface area contributed by atoms with Crippen molar-refractivity contribution in [3.8, 4) is 5.75 Å². The lowest BCUT2D eigenvalue weighted by molar-refractivity contribution is -0.385. The Kier molecular flexibility index (Phi) is 3.88. The average Bonchev–Trinajstić information content (AvgIpc) is 2.09. The lowest BCUT2D eigenvalue weighted by Gasteiger charge is -2.06. The van der Waals surface area contributed by atoms with Crippen LogP contribution in [0.25, 0.3) is 0 Å². The van der Waals surface area contributed by atoms with E-state index >= 15 is 0 Å². The predicted molar refractivity (Wildman–Crippen MR) is 60.7 cm³/mol. The Labute approximate surface area is 107 Å². The van der Waals surface area contributed by atoms with Crippen LogP contribution in [0.15, 0.2) is 21.1 Å². The predicted octanol–water partition coefficient (Wildman–Crippen LogP) is 2.30. The number of hydrogen-bond donors (Lipinski definition) is 1. The van der Waals surface area contributed by atoms with Crippen LogP contribution in [0.3, 0.4) is 0 Å². The number of non-ortho nitro benzene ring substituents is 1. The minimum atomic E-state index is -4.69. The summed E-state index contributed by atoms with van der Waals surface area (Å²) in [5.74, 6) is -0.270. The topological polar surface area (TPSA) is 107 Å². The lowest BCUT2D eigenvalue weighted by atomic mass is 10.3. The molecular formula is C6H3Br2NO6S. The first-order valence-corrected chi connectivity index (χ1v) is 6.46. The molecule has 0 spiro atoms. The molecule has 0 atom stereocenters. The van der Waals surface area contributed by atoms with Crippen molar-refractivity contribution in [2.75, 3.05) is 0 Å². The molecule has 0 saturated heterocycles. The Morgan fingerprint density at radius 2 is 1.75 bits per heavy atom. The molecule has 10 heteroatoms. The van der Waals surface area contributed by atoms with Crippen LogP contribution in [0.2, 0.25) is 0 Å². The van der Waals surface area contributed by atoms with Gasteiger partial charge in [-0.3, -0.25) is 14.7 Å². The van der Waals surface area contributed by atoms with Gasteiger partial charge < -0.3 is 4.18 Å². The first-order valence-electron chi connectivity index (χ1n) is 3.51. The maximum Gasteiger partial charge on any atom is 0.446 e. The summed E-state index contributed by atoms with van der Waals surface area (Å²) in [6, 6.07) is 2.09. The summed E-state index contributed by atoms with van der Waals surface area (Å²) in [6.07, 6.45) is 0. The van der Waals surface area contributed by atoms with Crippen LogP contribution in [0.1, 0.15) is 0 Å². The van der Waals surface area contributed by atoms with Gasteiger partial charge in [0.2, 0.25) is 0 Å². The van der Waals surface area contributed by atoms with Gasteiger partial charge in [0.1, 0.15) is 0 Å². The van der Waals surface area contributed by atoms with Gasteiger partial charge in [0, 0.05) is 12.1 Å². The SMILES string of the molecule is O=[N+]([O-])c1cc(Br)c(OS(=O)(=O)O)c(Br)c1. The molecule has 88 valence electrons. The summed E-state index contributed by atoms with van der Waals surface area (Å²) in [6.45, 7) is 0. The quantitative estimate of drug-likeness (QED) is 0.492. The molecule has 16 heavy (non-hydrogen) atoms. The van der Waals surface area contributed by atoms with Gasteiger partial charge in [0.25, 0.3) is 5.69 Å². The number of hydrogen-bond acceptors (Lipinski definition) is 5. The fourth-order valence-electron chi connectivity index (χ4n) is 0.837. The highest BCUT2D eigenvalue weighted by molar-refractivity contribution is 9.11. The van der Waals surface area contributed by atoms with Gasteiger partial charge >= 0.3 is 10.4 Å². The van der Waals surface area contributed by atoms with E-state index in [0.717, 1.165) is 12.1 Å². The first-order chi connectivity index (χ1) is 7.20. The van der Waals surface area contributed by atoms with Crippen LogP contribution in [0.4, 0.5) is 5.69 Å². The van der Waals surface area contributed by atoms with Crippen LogP contribution in [-0.4, -0.2) is 17.9 Å². The zero-order chi connectivity index (χ0) is 12.5. The highest BCUT2D eigenvalue weighted by Gasteiger charge is 2.19. The fraction of sp³-hybridized carbons (Fsp3) is 0. The summed E-state index contributed by atoms with van der Waals surface area (Å²) in [5.41, 5.74) is -0.263. The van der Waals surface area contributed by atoms with Crippen molar-refractivity contribution in [2.24, 2.45) is 0 Å². The van der Waals surface area contributed by atoms with Gasteiger partial charge in [0.05, 0.1) is 13.9 Å². The molecule has 1 N–H and O–H groups in total. The van der Waals surface area contributed by atoms with E-state index in [9.17, 15) is 18.5 Å². The van der Waals surface area contributed by atoms with Crippen LogP contribution in [-0.2, 0) is 10.4 Å². The van der Waals surface area contributed by atoms with E-state index in [1.807, 2.05) is 0 Å². The molecule has 1 rings (SSSR count). The molecule has 0 unspecified atom stereocenters. The normalized spacial score (nSPS) is 11.2. The van der Waals surface area contributed by atoms with Crippen molar-refractivity contribution in [3.05, 3.63) is 31.2 Å². The monoisotopic (exact) mass is 375 g/mol. The number of halogens is 2. The van der Waals surface area contributed by atoms with Gasteiger partial charge in [-0.1, -0.05) is 0 Å². The highest BCUT2D eigenvalue weighted by atomic mass is 79.9. The van der Waals surface area contributed by atoms with E-state index in [2.05, 4.69) is 36.0 Å². The van der Waals surface area contributed by atoms with Crippen molar-refractivity contribution in [1.29, 1.82) is 0 Å².